The molecule has 3 rings (SSSR count). The van der Waals surface area contributed by atoms with Crippen LogP contribution in [0.5, 0.6) is 0 Å². The van der Waals surface area contributed by atoms with Gasteiger partial charge in [-0.05, 0) is 44.8 Å². The maximum Gasteiger partial charge on any atom is 0.255 e. The molecule has 0 aliphatic carbocycles. The molecule has 0 aromatic carbocycles. The Bertz CT molecular complexity index is 524. The van der Waals surface area contributed by atoms with Gasteiger partial charge in [0.05, 0.1) is 10.6 Å². The molecule has 0 atom stereocenters. The molecule has 6 heteroatoms. The molecule has 0 spiro atoms. The van der Waals surface area contributed by atoms with E-state index in [-0.39, 0.29) is 5.91 Å². The summed E-state index contributed by atoms with van der Waals surface area (Å²) in [5.74, 6) is -0.0378. The van der Waals surface area contributed by atoms with E-state index in [0.717, 1.165) is 25.9 Å². The first-order valence-corrected chi connectivity index (χ1v) is 8.25. The van der Waals surface area contributed by atoms with Gasteiger partial charge in [0.15, 0.2) is 0 Å². The monoisotopic (exact) mass is 327 g/mol. The molecule has 0 N–H and O–H groups in total. The lowest BCUT2D eigenvalue weighted by atomic mass is 10.0. The highest BCUT2D eigenvalue weighted by molar-refractivity contribution is 6.35. The van der Waals surface area contributed by atoms with Gasteiger partial charge in [0.1, 0.15) is 5.15 Å². The summed E-state index contributed by atoms with van der Waals surface area (Å²) in [6, 6.07) is 2.19. The van der Waals surface area contributed by atoms with E-state index in [4.69, 9.17) is 23.2 Å². The van der Waals surface area contributed by atoms with Gasteiger partial charge >= 0.3 is 0 Å². The zero-order valence-corrected chi connectivity index (χ0v) is 13.4. The number of halogens is 2. The molecule has 114 valence electrons. The largest absolute Gasteiger partial charge is 0.338 e. The van der Waals surface area contributed by atoms with Crippen LogP contribution >= 0.6 is 23.2 Å². The maximum absolute atomic E-state index is 12.5. The van der Waals surface area contributed by atoms with E-state index in [1.807, 2.05) is 4.90 Å². The fourth-order valence-corrected chi connectivity index (χ4v) is 3.63. The maximum atomic E-state index is 12.5. The van der Waals surface area contributed by atoms with Crippen LogP contribution in [0.25, 0.3) is 0 Å². The van der Waals surface area contributed by atoms with E-state index in [9.17, 15) is 4.79 Å². The third-order valence-electron chi connectivity index (χ3n) is 4.46. The zero-order valence-electron chi connectivity index (χ0n) is 11.9. The topological polar surface area (TPSA) is 36.4 Å². The Hall–Kier alpha value is -0.840. The van der Waals surface area contributed by atoms with Crippen molar-refractivity contribution in [3.63, 3.8) is 0 Å². The summed E-state index contributed by atoms with van der Waals surface area (Å²) in [4.78, 5) is 20.9. The van der Waals surface area contributed by atoms with Crippen molar-refractivity contribution >= 4 is 29.1 Å². The molecule has 0 saturated carbocycles. The first-order chi connectivity index (χ1) is 10.1. The highest BCUT2D eigenvalue weighted by Gasteiger charge is 2.29. The van der Waals surface area contributed by atoms with Crippen LogP contribution in [0.4, 0.5) is 0 Å². The van der Waals surface area contributed by atoms with Crippen LogP contribution in [0.15, 0.2) is 12.3 Å². The van der Waals surface area contributed by atoms with Gasteiger partial charge in [-0.1, -0.05) is 23.2 Å². The van der Waals surface area contributed by atoms with Crippen molar-refractivity contribution < 1.29 is 4.79 Å². The number of carbonyl (C=O) groups is 1. The number of piperidine rings is 1. The normalized spacial score (nSPS) is 21.0. The van der Waals surface area contributed by atoms with E-state index < -0.39 is 0 Å². The molecule has 1 aromatic rings. The Morgan fingerprint density at radius 1 is 1.14 bits per heavy atom. The third-order valence-corrected chi connectivity index (χ3v) is 4.97. The molecular weight excluding hydrogens is 309 g/mol. The molecule has 0 radical (unpaired) electrons. The quantitative estimate of drug-likeness (QED) is 0.783. The number of nitrogens with zero attached hydrogens (tertiary/aromatic N) is 3. The van der Waals surface area contributed by atoms with Crippen LogP contribution in [0.1, 0.15) is 36.0 Å². The lowest BCUT2D eigenvalue weighted by Gasteiger charge is -2.36. The Balaban J connectivity index is 1.63. The SMILES string of the molecule is O=C(c1cc(Cl)ncc1Cl)N1CCC(N2CCCC2)CC1. The Kier molecular flexibility index (Phi) is 4.67. The van der Waals surface area contributed by atoms with E-state index in [1.165, 1.54) is 32.1 Å². The van der Waals surface area contributed by atoms with E-state index >= 15 is 0 Å². The predicted octanol–water partition coefficient (Wildman–Crippen LogP) is 3.09. The van der Waals surface area contributed by atoms with Crippen molar-refractivity contribution in [2.75, 3.05) is 26.2 Å². The highest BCUT2D eigenvalue weighted by atomic mass is 35.5. The fraction of sp³-hybridized carbons (Fsp3) is 0.600. The Labute approximate surface area is 135 Å². The van der Waals surface area contributed by atoms with Gasteiger partial charge in [-0.25, -0.2) is 4.98 Å². The molecule has 1 amide bonds. The molecule has 2 aliphatic heterocycles. The summed E-state index contributed by atoms with van der Waals surface area (Å²) < 4.78 is 0. The summed E-state index contributed by atoms with van der Waals surface area (Å²) in [5.41, 5.74) is 0.455. The smallest absolute Gasteiger partial charge is 0.255 e. The predicted molar refractivity (Wildman–Crippen MR) is 84.0 cm³/mol. The van der Waals surface area contributed by atoms with Gasteiger partial charge < -0.3 is 9.80 Å². The summed E-state index contributed by atoms with van der Waals surface area (Å²) >= 11 is 11.9. The van der Waals surface area contributed by atoms with Crippen molar-refractivity contribution in [2.24, 2.45) is 0 Å². The molecule has 2 aliphatic rings. The van der Waals surface area contributed by atoms with E-state index in [2.05, 4.69) is 9.88 Å². The molecule has 1 aromatic heterocycles. The Morgan fingerprint density at radius 2 is 1.81 bits per heavy atom. The number of amides is 1. The summed E-state index contributed by atoms with van der Waals surface area (Å²) in [6.07, 6.45) is 6.15. The minimum atomic E-state index is -0.0378. The first-order valence-electron chi connectivity index (χ1n) is 7.49. The number of rotatable bonds is 2. The molecule has 3 heterocycles. The van der Waals surface area contributed by atoms with Crippen molar-refractivity contribution in [3.8, 4) is 0 Å². The van der Waals surface area contributed by atoms with Crippen LogP contribution in [-0.2, 0) is 0 Å². The molecule has 2 saturated heterocycles. The molecule has 0 bridgehead atoms. The van der Waals surface area contributed by atoms with Gasteiger partial charge in [-0.2, -0.15) is 0 Å². The molecular formula is C15H19Cl2N3O. The number of hydrogen-bond donors (Lipinski definition) is 0. The minimum Gasteiger partial charge on any atom is -0.338 e. The first kappa shape index (κ1) is 15.1. The highest BCUT2D eigenvalue weighted by Crippen LogP contribution is 2.24. The van der Waals surface area contributed by atoms with Crippen molar-refractivity contribution in [1.82, 2.24) is 14.8 Å². The third kappa shape index (κ3) is 3.33. The standard InChI is InChI=1S/C15H19Cl2N3O/c16-13-10-18-14(17)9-12(13)15(21)20-7-3-11(4-8-20)19-5-1-2-6-19/h9-11H,1-8H2. The second-order valence-electron chi connectivity index (χ2n) is 5.75. The molecule has 2 fully saturated rings. The number of hydrogen-bond acceptors (Lipinski definition) is 3. The fourth-order valence-electron chi connectivity index (χ4n) is 3.29. The summed E-state index contributed by atoms with van der Waals surface area (Å²) in [6.45, 7) is 4.00. The van der Waals surface area contributed by atoms with Crippen molar-refractivity contribution in [3.05, 3.63) is 28.0 Å². The van der Waals surface area contributed by atoms with Crippen LogP contribution < -0.4 is 0 Å². The molecule has 4 nitrogen and oxygen atoms in total. The number of likely N-dealkylation sites (tertiary alicyclic amines) is 2. The lowest BCUT2D eigenvalue weighted by molar-refractivity contribution is 0.0644. The second-order valence-corrected chi connectivity index (χ2v) is 6.55. The molecule has 21 heavy (non-hydrogen) atoms. The van der Waals surface area contributed by atoms with Gasteiger partial charge in [-0.15, -0.1) is 0 Å². The van der Waals surface area contributed by atoms with E-state index in [1.54, 1.807) is 6.07 Å². The number of aromatic nitrogens is 1. The van der Waals surface area contributed by atoms with Crippen LogP contribution in [0.3, 0.4) is 0 Å². The number of pyridine rings is 1. The second kappa shape index (κ2) is 6.51. The average Bonchev–Trinajstić information content (AvgIpc) is 3.03. The lowest BCUT2D eigenvalue weighted by Crippen LogP contribution is -2.46. The number of carbonyl (C=O) groups excluding carboxylic acids is 1. The molecule has 0 unspecified atom stereocenters. The summed E-state index contributed by atoms with van der Waals surface area (Å²) in [7, 11) is 0. The minimum absolute atomic E-state index is 0.0378. The van der Waals surface area contributed by atoms with Gasteiger partial charge in [0.25, 0.3) is 5.91 Å². The van der Waals surface area contributed by atoms with Crippen molar-refractivity contribution in [2.45, 2.75) is 31.7 Å². The van der Waals surface area contributed by atoms with Crippen molar-refractivity contribution in [1.29, 1.82) is 0 Å². The van der Waals surface area contributed by atoms with Gasteiger partial charge in [-0.3, -0.25) is 4.79 Å². The van der Waals surface area contributed by atoms with Gasteiger partial charge in [0.2, 0.25) is 0 Å². The zero-order chi connectivity index (χ0) is 14.8. The summed E-state index contributed by atoms with van der Waals surface area (Å²) in [5, 5.41) is 0.667. The van der Waals surface area contributed by atoms with E-state index in [0.29, 0.717) is 21.8 Å². The van der Waals surface area contributed by atoms with Crippen LogP contribution in [0, 0.1) is 0 Å². The Morgan fingerprint density at radius 3 is 2.48 bits per heavy atom. The van der Waals surface area contributed by atoms with Crippen LogP contribution in [0.2, 0.25) is 10.2 Å². The van der Waals surface area contributed by atoms with Gasteiger partial charge in [0, 0.05) is 25.3 Å². The average molecular weight is 328 g/mol. The van der Waals surface area contributed by atoms with Crippen LogP contribution in [-0.4, -0.2) is 52.9 Å².